The highest BCUT2D eigenvalue weighted by molar-refractivity contribution is 7.99. The molecule has 3 aromatic rings. The van der Waals surface area contributed by atoms with Crippen LogP contribution in [0.4, 0.5) is 11.4 Å². The van der Waals surface area contributed by atoms with Crippen LogP contribution in [0.2, 0.25) is 0 Å². The van der Waals surface area contributed by atoms with E-state index in [0.29, 0.717) is 27.9 Å². The summed E-state index contributed by atoms with van der Waals surface area (Å²) < 4.78 is 27.7. The molecule has 0 unspecified atom stereocenters. The number of aromatic nitrogens is 3. The van der Waals surface area contributed by atoms with Crippen LogP contribution in [0.25, 0.3) is 0 Å². The van der Waals surface area contributed by atoms with Crippen LogP contribution in [-0.4, -0.2) is 41.1 Å². The van der Waals surface area contributed by atoms with Gasteiger partial charge in [-0.25, -0.2) is 8.42 Å². The van der Waals surface area contributed by atoms with Crippen molar-refractivity contribution in [3.05, 3.63) is 65.5 Å². The number of sulfonamides is 1. The summed E-state index contributed by atoms with van der Waals surface area (Å²) in [5, 5.41) is 20.3. The molecule has 0 aliphatic carbocycles. The van der Waals surface area contributed by atoms with E-state index in [4.69, 9.17) is 5.26 Å². The van der Waals surface area contributed by atoms with E-state index in [1.54, 1.807) is 48.0 Å². The van der Waals surface area contributed by atoms with Crippen molar-refractivity contribution in [3.63, 3.8) is 0 Å². The number of carbonyl (C=O) groups excluding carboxylic acids is 1. The van der Waals surface area contributed by atoms with Crippen molar-refractivity contribution in [2.75, 3.05) is 21.6 Å². The lowest BCUT2D eigenvalue weighted by molar-refractivity contribution is -0.113. The molecule has 9 nitrogen and oxygen atoms in total. The Morgan fingerprint density at radius 3 is 2.41 bits per heavy atom. The number of nitrogens with zero attached hydrogens (tertiary/aromatic N) is 5. The smallest absolute Gasteiger partial charge is 0.234 e. The largest absolute Gasteiger partial charge is 0.325 e. The van der Waals surface area contributed by atoms with E-state index in [0.717, 1.165) is 11.8 Å². The Labute approximate surface area is 191 Å². The number of nitrogens with one attached hydrogen (secondary N) is 1. The third kappa shape index (κ3) is 5.87. The summed E-state index contributed by atoms with van der Waals surface area (Å²) in [6.07, 6.45) is 1.15. The lowest BCUT2D eigenvalue weighted by Gasteiger charge is -2.22. The van der Waals surface area contributed by atoms with Gasteiger partial charge in [-0.15, -0.1) is 10.2 Å². The molecule has 1 N–H and O–H groups in total. The molecule has 1 heterocycles. The molecule has 0 aliphatic heterocycles. The monoisotopic (exact) mass is 470 g/mol. The first-order valence-electron chi connectivity index (χ1n) is 9.53. The SMILES string of the molecule is Cc1ccc(N(Cc2nnc(SCC(=O)Nc3ccc(C#N)cc3)n2C)S(C)(=O)=O)cc1. The molecule has 0 atom stereocenters. The molecule has 0 fully saturated rings. The van der Waals surface area contributed by atoms with Crippen LogP contribution in [0.1, 0.15) is 17.0 Å². The highest BCUT2D eigenvalue weighted by atomic mass is 32.2. The summed E-state index contributed by atoms with van der Waals surface area (Å²) in [6.45, 7) is 1.95. The average Bonchev–Trinajstić information content (AvgIpc) is 3.10. The zero-order valence-electron chi connectivity index (χ0n) is 17.8. The molecule has 0 bridgehead atoms. The molecular formula is C21H22N6O3S2. The molecule has 0 saturated heterocycles. The lowest BCUT2D eigenvalue weighted by atomic mass is 10.2. The number of benzene rings is 2. The predicted octanol–water partition coefficient (Wildman–Crippen LogP) is 2.69. The maximum atomic E-state index is 12.4. The summed E-state index contributed by atoms with van der Waals surface area (Å²) in [6, 6.07) is 15.8. The maximum absolute atomic E-state index is 12.4. The Morgan fingerprint density at radius 1 is 1.16 bits per heavy atom. The van der Waals surface area contributed by atoms with Gasteiger partial charge in [0.25, 0.3) is 0 Å². The summed E-state index contributed by atoms with van der Waals surface area (Å²) in [4.78, 5) is 12.2. The van der Waals surface area contributed by atoms with Crippen LogP contribution in [0, 0.1) is 18.3 Å². The van der Waals surface area contributed by atoms with Gasteiger partial charge in [-0.1, -0.05) is 29.5 Å². The van der Waals surface area contributed by atoms with Crippen molar-refractivity contribution in [2.24, 2.45) is 7.05 Å². The predicted molar refractivity (Wildman–Crippen MR) is 124 cm³/mol. The number of hydrogen-bond acceptors (Lipinski definition) is 7. The van der Waals surface area contributed by atoms with Crippen molar-refractivity contribution in [1.29, 1.82) is 5.26 Å². The van der Waals surface area contributed by atoms with Gasteiger partial charge in [0.1, 0.15) is 0 Å². The van der Waals surface area contributed by atoms with E-state index in [-0.39, 0.29) is 18.2 Å². The third-order valence-corrected chi connectivity index (χ3v) is 6.72. The zero-order chi connectivity index (χ0) is 23.3. The molecule has 1 amide bonds. The van der Waals surface area contributed by atoms with Gasteiger partial charge in [0.2, 0.25) is 15.9 Å². The van der Waals surface area contributed by atoms with Crippen LogP contribution >= 0.6 is 11.8 Å². The van der Waals surface area contributed by atoms with Gasteiger partial charge in [0.15, 0.2) is 11.0 Å². The molecule has 2 aromatic carbocycles. The van der Waals surface area contributed by atoms with E-state index in [2.05, 4.69) is 15.5 Å². The number of amides is 1. The number of hydrogen-bond donors (Lipinski definition) is 1. The molecule has 1 aromatic heterocycles. The second-order valence-corrected chi connectivity index (χ2v) is 9.94. The maximum Gasteiger partial charge on any atom is 0.234 e. The van der Waals surface area contributed by atoms with E-state index in [1.807, 2.05) is 25.1 Å². The quantitative estimate of drug-likeness (QED) is 0.502. The molecule has 0 saturated carbocycles. The van der Waals surface area contributed by atoms with E-state index >= 15 is 0 Å². The first-order chi connectivity index (χ1) is 15.2. The Balaban J connectivity index is 1.66. The molecule has 0 radical (unpaired) electrons. The van der Waals surface area contributed by atoms with Crippen molar-refractivity contribution >= 4 is 39.1 Å². The van der Waals surface area contributed by atoms with Gasteiger partial charge < -0.3 is 9.88 Å². The Bertz CT molecular complexity index is 1250. The fourth-order valence-electron chi connectivity index (χ4n) is 2.80. The number of thioether (sulfide) groups is 1. The van der Waals surface area contributed by atoms with E-state index in [1.165, 1.54) is 16.1 Å². The van der Waals surface area contributed by atoms with E-state index in [9.17, 15) is 13.2 Å². The van der Waals surface area contributed by atoms with Gasteiger partial charge in [-0.2, -0.15) is 5.26 Å². The Kier molecular flexibility index (Phi) is 7.17. The van der Waals surface area contributed by atoms with Gasteiger partial charge in [0, 0.05) is 12.7 Å². The number of carbonyl (C=O) groups is 1. The van der Waals surface area contributed by atoms with Crippen molar-refractivity contribution in [2.45, 2.75) is 18.6 Å². The molecule has 32 heavy (non-hydrogen) atoms. The third-order valence-electron chi connectivity index (χ3n) is 4.56. The minimum atomic E-state index is -3.54. The van der Waals surface area contributed by atoms with Gasteiger partial charge >= 0.3 is 0 Å². The van der Waals surface area contributed by atoms with Crippen molar-refractivity contribution < 1.29 is 13.2 Å². The zero-order valence-corrected chi connectivity index (χ0v) is 19.4. The lowest BCUT2D eigenvalue weighted by Crippen LogP contribution is -2.30. The molecule has 0 spiro atoms. The van der Waals surface area contributed by atoms with E-state index < -0.39 is 10.0 Å². The number of rotatable bonds is 8. The first-order valence-corrected chi connectivity index (χ1v) is 12.4. The van der Waals surface area contributed by atoms with Gasteiger partial charge in [-0.3, -0.25) is 9.10 Å². The summed E-state index contributed by atoms with van der Waals surface area (Å²) >= 11 is 1.19. The Hall–Kier alpha value is -3.36. The van der Waals surface area contributed by atoms with Crippen LogP contribution in [-0.2, 0) is 28.4 Å². The minimum absolute atomic E-state index is 0.0173. The van der Waals surface area contributed by atoms with Gasteiger partial charge in [0.05, 0.1) is 35.9 Å². The number of anilines is 2. The van der Waals surface area contributed by atoms with Crippen LogP contribution < -0.4 is 9.62 Å². The molecular weight excluding hydrogens is 448 g/mol. The van der Waals surface area contributed by atoms with Crippen molar-refractivity contribution in [1.82, 2.24) is 14.8 Å². The highest BCUT2D eigenvalue weighted by Crippen LogP contribution is 2.22. The first kappa shape index (κ1) is 23.3. The Morgan fingerprint density at radius 2 is 1.81 bits per heavy atom. The number of nitriles is 1. The number of aryl methyl sites for hydroxylation is 1. The van der Waals surface area contributed by atoms with Crippen LogP contribution in [0.3, 0.4) is 0 Å². The fourth-order valence-corrected chi connectivity index (χ4v) is 4.39. The highest BCUT2D eigenvalue weighted by Gasteiger charge is 2.21. The molecule has 0 aliphatic rings. The topological polar surface area (TPSA) is 121 Å². The minimum Gasteiger partial charge on any atom is -0.325 e. The molecule has 3 rings (SSSR count). The van der Waals surface area contributed by atoms with Gasteiger partial charge in [-0.05, 0) is 43.3 Å². The second kappa shape index (κ2) is 9.84. The van der Waals surface area contributed by atoms with Crippen LogP contribution in [0.15, 0.2) is 53.7 Å². The fraction of sp³-hybridized carbons (Fsp3) is 0.238. The summed E-state index contributed by atoms with van der Waals surface area (Å²) in [7, 11) is -1.81. The summed E-state index contributed by atoms with van der Waals surface area (Å²) in [5.41, 5.74) is 2.67. The summed E-state index contributed by atoms with van der Waals surface area (Å²) in [5.74, 6) is 0.312. The standard InChI is InChI=1S/C21H22N6O3S2/c1-15-4-10-18(11-5-15)27(32(3,29)30)13-19-24-25-21(26(19)2)31-14-20(28)23-17-8-6-16(12-22)7-9-17/h4-11H,13-14H2,1-3H3,(H,23,28). The molecule has 11 heteroatoms. The second-order valence-electron chi connectivity index (χ2n) is 7.09. The normalized spacial score (nSPS) is 11.1. The molecule has 166 valence electrons. The van der Waals surface area contributed by atoms with Crippen molar-refractivity contribution in [3.8, 4) is 6.07 Å². The van der Waals surface area contributed by atoms with Crippen LogP contribution in [0.5, 0.6) is 0 Å². The average molecular weight is 471 g/mol.